The van der Waals surface area contributed by atoms with E-state index >= 15 is 0 Å². The number of alkyl carbamates (subject to hydrolysis) is 1. The van der Waals surface area contributed by atoms with Gasteiger partial charge >= 0.3 is 12.1 Å². The van der Waals surface area contributed by atoms with Crippen LogP contribution in [0, 0.1) is 0 Å². The van der Waals surface area contributed by atoms with Crippen molar-refractivity contribution >= 4 is 12.1 Å². The van der Waals surface area contributed by atoms with E-state index in [0.717, 1.165) is 6.42 Å². The monoisotopic (exact) mass is 272 g/mol. The normalized spacial score (nSPS) is 23.6. The van der Waals surface area contributed by atoms with Crippen LogP contribution in [0.3, 0.4) is 0 Å². The van der Waals surface area contributed by atoms with E-state index in [9.17, 15) is 9.59 Å². The summed E-state index contributed by atoms with van der Waals surface area (Å²) in [6, 6.07) is -0.417. The van der Waals surface area contributed by atoms with Gasteiger partial charge < -0.3 is 20.1 Å². The zero-order chi connectivity index (χ0) is 14.5. The summed E-state index contributed by atoms with van der Waals surface area (Å²) in [5.74, 6) is -0.266. The van der Waals surface area contributed by atoms with Crippen LogP contribution in [0.5, 0.6) is 0 Å². The summed E-state index contributed by atoms with van der Waals surface area (Å²) in [6.07, 6.45) is 0.856. The van der Waals surface area contributed by atoms with Crippen molar-refractivity contribution in [2.45, 2.75) is 58.2 Å². The number of hydrogen-bond acceptors (Lipinski definition) is 5. The van der Waals surface area contributed by atoms with Crippen molar-refractivity contribution in [1.29, 1.82) is 0 Å². The van der Waals surface area contributed by atoms with Gasteiger partial charge in [0.1, 0.15) is 11.6 Å². The molecule has 1 amide bonds. The topological polar surface area (TPSA) is 76.7 Å². The minimum absolute atomic E-state index is 0.0643. The number of amides is 1. The summed E-state index contributed by atoms with van der Waals surface area (Å²) in [5, 5.41) is 5.88. The fraction of sp³-hybridized carbons (Fsp3) is 0.846. The Morgan fingerprint density at radius 1 is 1.37 bits per heavy atom. The summed E-state index contributed by atoms with van der Waals surface area (Å²) in [5.41, 5.74) is -0.516. The van der Waals surface area contributed by atoms with Gasteiger partial charge in [-0.2, -0.15) is 0 Å². The Hall–Kier alpha value is -1.30. The molecule has 2 atom stereocenters. The number of esters is 1. The second-order valence-electron chi connectivity index (χ2n) is 5.63. The largest absolute Gasteiger partial charge is 0.465 e. The average molecular weight is 272 g/mol. The molecule has 110 valence electrons. The van der Waals surface area contributed by atoms with E-state index in [2.05, 4.69) is 10.6 Å². The Bertz CT molecular complexity index is 325. The van der Waals surface area contributed by atoms with Gasteiger partial charge in [-0.3, -0.25) is 4.79 Å². The smallest absolute Gasteiger partial charge is 0.407 e. The number of hydrogen-bond donors (Lipinski definition) is 2. The fourth-order valence-electron chi connectivity index (χ4n) is 1.95. The number of rotatable bonds is 3. The number of carbonyl (C=O) groups is 2. The second-order valence-corrected chi connectivity index (χ2v) is 5.63. The van der Waals surface area contributed by atoms with Crippen LogP contribution < -0.4 is 10.6 Å². The number of piperidine rings is 1. The third-order valence-corrected chi connectivity index (χ3v) is 2.70. The number of nitrogens with one attached hydrogen (secondary N) is 2. The van der Waals surface area contributed by atoms with E-state index in [1.807, 2.05) is 20.8 Å². The Balaban J connectivity index is 2.42. The molecular formula is C13H24N2O4. The maximum atomic E-state index is 11.7. The van der Waals surface area contributed by atoms with Crippen LogP contribution in [0.2, 0.25) is 0 Å². The van der Waals surface area contributed by atoms with Crippen LogP contribution >= 0.6 is 0 Å². The first-order valence-corrected chi connectivity index (χ1v) is 6.71. The lowest BCUT2D eigenvalue weighted by Crippen LogP contribution is -2.51. The Morgan fingerprint density at radius 3 is 2.63 bits per heavy atom. The second kappa shape index (κ2) is 6.75. The average Bonchev–Trinajstić information content (AvgIpc) is 2.27. The third kappa shape index (κ3) is 5.92. The van der Waals surface area contributed by atoms with Gasteiger partial charge in [0.05, 0.1) is 6.61 Å². The van der Waals surface area contributed by atoms with Gasteiger partial charge in [-0.25, -0.2) is 4.79 Å². The quantitative estimate of drug-likeness (QED) is 0.755. The molecule has 0 aliphatic carbocycles. The number of carbonyl (C=O) groups excluding carboxylic acids is 2. The summed E-state index contributed by atoms with van der Waals surface area (Å²) in [4.78, 5) is 23.3. The highest BCUT2D eigenvalue weighted by molar-refractivity contribution is 5.76. The summed E-state index contributed by atoms with van der Waals surface area (Å²) in [7, 11) is 0. The van der Waals surface area contributed by atoms with Gasteiger partial charge in [-0.1, -0.05) is 0 Å². The summed E-state index contributed by atoms with van der Waals surface area (Å²) in [6.45, 7) is 8.26. The van der Waals surface area contributed by atoms with Crippen LogP contribution in [-0.4, -0.2) is 42.9 Å². The van der Waals surface area contributed by atoms with Gasteiger partial charge in [-0.05, 0) is 47.1 Å². The van der Waals surface area contributed by atoms with E-state index in [-0.39, 0.29) is 18.1 Å². The molecule has 19 heavy (non-hydrogen) atoms. The third-order valence-electron chi connectivity index (χ3n) is 2.70. The van der Waals surface area contributed by atoms with Crippen molar-refractivity contribution in [2.24, 2.45) is 0 Å². The molecule has 6 heteroatoms. The van der Waals surface area contributed by atoms with Crippen LogP contribution in [-0.2, 0) is 14.3 Å². The summed E-state index contributed by atoms with van der Waals surface area (Å²) >= 11 is 0. The molecule has 6 nitrogen and oxygen atoms in total. The number of ether oxygens (including phenoxy) is 2. The van der Waals surface area contributed by atoms with E-state index < -0.39 is 11.7 Å². The molecule has 1 rings (SSSR count). The minimum Gasteiger partial charge on any atom is -0.465 e. The molecule has 0 radical (unpaired) electrons. The lowest BCUT2D eigenvalue weighted by atomic mass is 10.00. The molecule has 0 spiro atoms. The molecule has 1 aliphatic rings. The zero-order valence-electron chi connectivity index (χ0n) is 12.1. The zero-order valence-corrected chi connectivity index (χ0v) is 12.1. The lowest BCUT2D eigenvalue weighted by Gasteiger charge is -2.30. The van der Waals surface area contributed by atoms with Crippen molar-refractivity contribution in [3.8, 4) is 0 Å². The van der Waals surface area contributed by atoms with Crippen molar-refractivity contribution in [2.75, 3.05) is 13.2 Å². The minimum atomic E-state index is -0.516. The van der Waals surface area contributed by atoms with Gasteiger partial charge in [0.25, 0.3) is 0 Å². The molecule has 0 saturated carbocycles. The van der Waals surface area contributed by atoms with Gasteiger partial charge in [0, 0.05) is 6.04 Å². The molecule has 1 fully saturated rings. The van der Waals surface area contributed by atoms with Crippen LogP contribution in [0.4, 0.5) is 4.79 Å². The molecule has 0 aromatic rings. The highest BCUT2D eigenvalue weighted by Crippen LogP contribution is 2.12. The van der Waals surface area contributed by atoms with E-state index in [1.165, 1.54) is 0 Å². The molecule has 1 saturated heterocycles. The maximum Gasteiger partial charge on any atom is 0.407 e. The Kier molecular flexibility index (Phi) is 5.60. The highest BCUT2D eigenvalue weighted by atomic mass is 16.6. The van der Waals surface area contributed by atoms with Crippen molar-refractivity contribution < 1.29 is 19.1 Å². The van der Waals surface area contributed by atoms with Crippen molar-refractivity contribution in [3.63, 3.8) is 0 Å². The molecule has 2 unspecified atom stereocenters. The standard InChI is InChI=1S/C13H24N2O4/c1-5-18-11(16)10-8-9(6-7-14-10)15-12(17)19-13(2,3)4/h9-10,14H,5-8H2,1-4H3,(H,15,17). The highest BCUT2D eigenvalue weighted by Gasteiger charge is 2.29. The lowest BCUT2D eigenvalue weighted by molar-refractivity contribution is -0.146. The summed E-state index contributed by atoms with van der Waals surface area (Å²) < 4.78 is 10.2. The SMILES string of the molecule is CCOC(=O)C1CC(NC(=O)OC(C)(C)C)CCN1. The van der Waals surface area contributed by atoms with Crippen LogP contribution in [0.15, 0.2) is 0 Å². The molecule has 0 aromatic carbocycles. The first kappa shape index (κ1) is 15.8. The Labute approximate surface area is 114 Å². The Morgan fingerprint density at radius 2 is 2.05 bits per heavy atom. The maximum absolute atomic E-state index is 11.7. The predicted octanol–water partition coefficient (Wildman–Crippen LogP) is 1.19. The van der Waals surface area contributed by atoms with Gasteiger partial charge in [0.2, 0.25) is 0 Å². The van der Waals surface area contributed by atoms with E-state index in [0.29, 0.717) is 19.6 Å². The molecule has 1 aliphatic heterocycles. The van der Waals surface area contributed by atoms with Crippen molar-refractivity contribution in [3.05, 3.63) is 0 Å². The van der Waals surface area contributed by atoms with Crippen molar-refractivity contribution in [1.82, 2.24) is 10.6 Å². The molecule has 0 aromatic heterocycles. The molecular weight excluding hydrogens is 248 g/mol. The van der Waals surface area contributed by atoms with E-state index in [1.54, 1.807) is 6.92 Å². The first-order chi connectivity index (χ1) is 8.81. The van der Waals surface area contributed by atoms with Crippen LogP contribution in [0.1, 0.15) is 40.5 Å². The van der Waals surface area contributed by atoms with E-state index in [4.69, 9.17) is 9.47 Å². The molecule has 2 N–H and O–H groups in total. The fourth-order valence-corrected chi connectivity index (χ4v) is 1.95. The van der Waals surface area contributed by atoms with Crippen LogP contribution in [0.25, 0.3) is 0 Å². The molecule has 1 heterocycles. The molecule has 0 bridgehead atoms. The first-order valence-electron chi connectivity index (χ1n) is 6.71. The van der Waals surface area contributed by atoms with Gasteiger partial charge in [-0.15, -0.1) is 0 Å². The predicted molar refractivity (Wildman–Crippen MR) is 70.8 cm³/mol. The van der Waals surface area contributed by atoms with Gasteiger partial charge in [0.15, 0.2) is 0 Å².